The Morgan fingerprint density at radius 2 is 2.12 bits per heavy atom. The molecule has 1 saturated heterocycles. The van der Waals surface area contributed by atoms with Crippen LogP contribution in [-0.4, -0.2) is 35.7 Å². The van der Waals surface area contributed by atoms with E-state index in [9.17, 15) is 9.90 Å². The maximum atomic E-state index is 11.3. The van der Waals surface area contributed by atoms with E-state index in [0.717, 1.165) is 38.1 Å². The normalized spacial score (nSPS) is 17.2. The lowest BCUT2D eigenvalue weighted by atomic mass is 9.93. The zero-order valence-electron chi connectivity index (χ0n) is 14.5. The summed E-state index contributed by atoms with van der Waals surface area (Å²) in [4.78, 5) is 14.8. The van der Waals surface area contributed by atoms with Gasteiger partial charge in [-0.3, -0.25) is 9.69 Å². The number of benzene rings is 1. The van der Waals surface area contributed by atoms with Crippen molar-refractivity contribution in [2.24, 2.45) is 5.92 Å². The maximum absolute atomic E-state index is 11.3. The molecule has 1 atom stereocenters. The van der Waals surface area contributed by atoms with Gasteiger partial charge in [0.2, 0.25) is 0 Å². The van der Waals surface area contributed by atoms with Crippen molar-refractivity contribution in [1.82, 2.24) is 4.90 Å². The molecule has 0 radical (unpaired) electrons. The van der Waals surface area contributed by atoms with Crippen LogP contribution in [0.3, 0.4) is 0 Å². The number of thiophene rings is 1. The molecule has 4 nitrogen and oxygen atoms in total. The fraction of sp³-hybridized carbons (Fsp3) is 0.421. The summed E-state index contributed by atoms with van der Waals surface area (Å²) in [6.45, 7) is 4.03. The highest BCUT2D eigenvalue weighted by atomic mass is 79.9. The molecule has 2 heterocycles. The molecule has 1 unspecified atom stereocenters. The van der Waals surface area contributed by atoms with E-state index in [-0.39, 0.29) is 12.0 Å². The number of halogens is 2. The second kappa shape index (κ2) is 8.74. The fourth-order valence-corrected chi connectivity index (χ4v) is 5.02. The van der Waals surface area contributed by atoms with Crippen LogP contribution in [0.25, 0.3) is 0 Å². The number of rotatable bonds is 6. The molecule has 26 heavy (non-hydrogen) atoms. The van der Waals surface area contributed by atoms with Gasteiger partial charge < -0.3 is 9.84 Å². The summed E-state index contributed by atoms with van der Waals surface area (Å²) in [6, 6.07) is 10.0. The zero-order chi connectivity index (χ0) is 18.7. The molecule has 1 aliphatic heterocycles. The monoisotopic (exact) mass is 457 g/mol. The van der Waals surface area contributed by atoms with E-state index in [1.54, 1.807) is 11.3 Å². The number of carboxylic acid groups (broad SMARTS) is 1. The molecule has 0 saturated carbocycles. The summed E-state index contributed by atoms with van der Waals surface area (Å²) in [7, 11) is 0. The molecule has 1 aliphatic rings. The number of nitrogens with zero attached hydrogens (tertiary/aromatic N) is 1. The average molecular weight is 459 g/mol. The summed E-state index contributed by atoms with van der Waals surface area (Å²) in [6.07, 6.45) is 1.31. The summed E-state index contributed by atoms with van der Waals surface area (Å²) < 4.78 is 7.62. The SMILES string of the molecule is CCOc1ccc(Br)cc1C(c1ccc(Cl)s1)N1CCC(C(=O)O)CC1. The Hall–Kier alpha value is -1.08. The Bertz CT molecular complexity index is 774. The van der Waals surface area contributed by atoms with Crippen LogP contribution in [-0.2, 0) is 4.79 Å². The number of carboxylic acids is 1. The summed E-state index contributed by atoms with van der Waals surface area (Å²) >= 11 is 11.3. The van der Waals surface area contributed by atoms with Gasteiger partial charge in [-0.2, -0.15) is 0 Å². The van der Waals surface area contributed by atoms with Gasteiger partial charge in [0.15, 0.2) is 0 Å². The number of carbonyl (C=O) groups is 1. The topological polar surface area (TPSA) is 49.8 Å². The minimum atomic E-state index is -0.696. The van der Waals surface area contributed by atoms with E-state index in [1.807, 2.05) is 25.1 Å². The standard InChI is InChI=1S/C19H21BrClNO3S/c1-2-25-15-4-3-13(20)11-14(15)18(16-5-6-17(21)26-16)22-9-7-12(8-10-22)19(23)24/h3-6,11-12,18H,2,7-10H2,1H3,(H,23,24). The molecule has 0 aliphatic carbocycles. The van der Waals surface area contributed by atoms with E-state index >= 15 is 0 Å². The lowest BCUT2D eigenvalue weighted by Crippen LogP contribution is -2.39. The van der Waals surface area contributed by atoms with Crippen LogP contribution in [0, 0.1) is 5.92 Å². The van der Waals surface area contributed by atoms with Crippen LogP contribution in [0.2, 0.25) is 4.34 Å². The Labute approximate surface area is 170 Å². The smallest absolute Gasteiger partial charge is 0.306 e. The third kappa shape index (κ3) is 4.42. The van der Waals surface area contributed by atoms with E-state index < -0.39 is 5.97 Å². The molecule has 1 aromatic heterocycles. The van der Waals surface area contributed by atoms with Crippen molar-refractivity contribution in [2.45, 2.75) is 25.8 Å². The lowest BCUT2D eigenvalue weighted by Gasteiger charge is -2.37. The Morgan fingerprint density at radius 3 is 2.69 bits per heavy atom. The van der Waals surface area contributed by atoms with E-state index in [1.165, 1.54) is 0 Å². The second-order valence-corrected chi connectivity index (χ2v) is 8.97. The maximum Gasteiger partial charge on any atom is 0.306 e. The van der Waals surface area contributed by atoms with Crippen molar-refractivity contribution in [3.8, 4) is 5.75 Å². The highest BCUT2D eigenvalue weighted by Crippen LogP contribution is 2.41. The van der Waals surface area contributed by atoms with E-state index in [2.05, 4.69) is 33.0 Å². The predicted molar refractivity (Wildman–Crippen MR) is 108 cm³/mol. The quantitative estimate of drug-likeness (QED) is 0.625. The molecule has 7 heteroatoms. The molecular formula is C19H21BrClNO3S. The van der Waals surface area contributed by atoms with Crippen LogP contribution in [0.5, 0.6) is 5.75 Å². The van der Waals surface area contributed by atoms with Crippen LogP contribution >= 0.6 is 38.9 Å². The Balaban J connectivity index is 1.98. The third-order valence-corrected chi connectivity index (χ3v) is 6.45. The van der Waals surface area contributed by atoms with Gasteiger partial charge in [0, 0.05) is 14.9 Å². The van der Waals surface area contributed by atoms with Gasteiger partial charge in [0.05, 0.1) is 22.9 Å². The molecule has 1 fully saturated rings. The second-order valence-electron chi connectivity index (χ2n) is 6.31. The number of likely N-dealkylation sites (tertiary alicyclic amines) is 1. The van der Waals surface area contributed by atoms with Crippen molar-refractivity contribution in [1.29, 1.82) is 0 Å². The van der Waals surface area contributed by atoms with Gasteiger partial charge in [-0.25, -0.2) is 0 Å². The van der Waals surface area contributed by atoms with Crippen LogP contribution in [0.1, 0.15) is 36.2 Å². The van der Waals surface area contributed by atoms with Crippen LogP contribution < -0.4 is 4.74 Å². The van der Waals surface area contributed by atoms with E-state index in [0.29, 0.717) is 19.4 Å². The molecule has 140 valence electrons. The Morgan fingerprint density at radius 1 is 1.38 bits per heavy atom. The van der Waals surface area contributed by atoms with E-state index in [4.69, 9.17) is 16.3 Å². The lowest BCUT2D eigenvalue weighted by molar-refractivity contribution is -0.143. The minimum Gasteiger partial charge on any atom is -0.494 e. The summed E-state index contributed by atoms with van der Waals surface area (Å²) in [5.74, 6) is -0.101. The summed E-state index contributed by atoms with van der Waals surface area (Å²) in [5, 5.41) is 9.29. The Kier molecular flexibility index (Phi) is 6.61. The molecule has 0 bridgehead atoms. The number of aliphatic carboxylic acids is 1. The number of ether oxygens (including phenoxy) is 1. The molecule has 0 amide bonds. The first-order valence-corrected chi connectivity index (χ1v) is 10.6. The highest BCUT2D eigenvalue weighted by Gasteiger charge is 2.32. The summed E-state index contributed by atoms with van der Waals surface area (Å²) in [5.41, 5.74) is 1.08. The van der Waals surface area contributed by atoms with Crippen molar-refractivity contribution in [3.05, 3.63) is 49.6 Å². The molecule has 2 aromatic rings. The van der Waals surface area contributed by atoms with Gasteiger partial charge in [-0.1, -0.05) is 27.5 Å². The molecule has 0 spiro atoms. The molecule has 3 rings (SSSR count). The highest BCUT2D eigenvalue weighted by molar-refractivity contribution is 9.10. The van der Waals surface area contributed by atoms with Gasteiger partial charge in [-0.05, 0) is 63.2 Å². The average Bonchev–Trinajstić information content (AvgIpc) is 3.04. The third-order valence-electron chi connectivity index (χ3n) is 4.67. The molecular weight excluding hydrogens is 438 g/mol. The molecule has 1 N–H and O–H groups in total. The van der Waals surface area contributed by atoms with Crippen molar-refractivity contribution >= 4 is 44.8 Å². The van der Waals surface area contributed by atoms with Gasteiger partial charge in [-0.15, -0.1) is 11.3 Å². The largest absolute Gasteiger partial charge is 0.494 e. The van der Waals surface area contributed by atoms with Crippen molar-refractivity contribution in [3.63, 3.8) is 0 Å². The first-order chi connectivity index (χ1) is 12.5. The van der Waals surface area contributed by atoms with Gasteiger partial charge in [0.25, 0.3) is 0 Å². The zero-order valence-corrected chi connectivity index (χ0v) is 17.6. The van der Waals surface area contributed by atoms with Crippen LogP contribution in [0.15, 0.2) is 34.8 Å². The first kappa shape index (κ1) is 19.7. The number of piperidine rings is 1. The van der Waals surface area contributed by atoms with Crippen molar-refractivity contribution in [2.75, 3.05) is 19.7 Å². The molecule has 1 aromatic carbocycles. The fourth-order valence-electron chi connectivity index (χ4n) is 3.43. The number of hydrogen-bond donors (Lipinski definition) is 1. The van der Waals surface area contributed by atoms with Crippen molar-refractivity contribution < 1.29 is 14.6 Å². The first-order valence-electron chi connectivity index (χ1n) is 8.64. The van der Waals surface area contributed by atoms with Gasteiger partial charge >= 0.3 is 5.97 Å². The number of hydrogen-bond acceptors (Lipinski definition) is 4. The van der Waals surface area contributed by atoms with Crippen LogP contribution in [0.4, 0.5) is 0 Å². The van der Waals surface area contributed by atoms with Gasteiger partial charge in [0.1, 0.15) is 5.75 Å². The predicted octanol–water partition coefficient (Wildman–Crippen LogP) is 5.45. The minimum absolute atomic E-state index is 0.00120.